The van der Waals surface area contributed by atoms with E-state index in [1.54, 1.807) is 34.9 Å². The molecule has 4 aliphatic heterocycles. The van der Waals surface area contributed by atoms with Crippen molar-refractivity contribution in [3.8, 4) is 0 Å². The molecule has 2 unspecified atom stereocenters. The molecule has 4 aliphatic rings. The lowest BCUT2D eigenvalue weighted by Crippen LogP contribution is -2.29. The molecule has 2 atom stereocenters. The number of rotatable bonds is 11. The lowest BCUT2D eigenvalue weighted by Gasteiger charge is -2.22. The van der Waals surface area contributed by atoms with Crippen LogP contribution in [0.1, 0.15) is 120 Å². The molecule has 15 nitrogen and oxygen atoms in total. The highest BCUT2D eigenvalue weighted by Gasteiger charge is 2.43. The molecule has 24 heteroatoms. The van der Waals surface area contributed by atoms with Gasteiger partial charge in [-0.1, -0.05) is 93.1 Å². The minimum Gasteiger partial charge on any atom is -0.478 e. The number of nitrogens with one attached hydrogen (secondary N) is 1. The minimum atomic E-state index is -1.00. The van der Waals surface area contributed by atoms with E-state index < -0.39 is 54.2 Å². The molecule has 0 saturated carbocycles. The number of benzene rings is 4. The summed E-state index contributed by atoms with van der Waals surface area (Å²) in [6, 6.07) is 32.0. The lowest BCUT2D eigenvalue weighted by molar-refractivity contribution is -0.00760. The van der Waals surface area contributed by atoms with E-state index in [-0.39, 0.29) is 44.0 Å². The zero-order valence-electron chi connectivity index (χ0n) is 46.3. The van der Waals surface area contributed by atoms with E-state index in [0.717, 1.165) is 50.8 Å². The van der Waals surface area contributed by atoms with Crippen LogP contribution in [0.3, 0.4) is 0 Å². The van der Waals surface area contributed by atoms with Gasteiger partial charge in [0.05, 0.1) is 64.8 Å². The average molecular weight is 1240 g/mol. The van der Waals surface area contributed by atoms with Crippen molar-refractivity contribution in [2.24, 2.45) is 16.0 Å². The van der Waals surface area contributed by atoms with E-state index in [1.807, 2.05) is 101 Å². The number of halogens is 7. The van der Waals surface area contributed by atoms with Gasteiger partial charge in [0.2, 0.25) is 0 Å². The predicted octanol–water partition coefficient (Wildman–Crippen LogP) is 11.0. The Morgan fingerprint density at radius 2 is 1.05 bits per heavy atom. The van der Waals surface area contributed by atoms with Crippen LogP contribution in [0.25, 0.3) is 11.0 Å². The van der Waals surface area contributed by atoms with Gasteiger partial charge < -0.3 is 54.0 Å². The van der Waals surface area contributed by atoms with E-state index in [9.17, 15) is 33.5 Å². The van der Waals surface area contributed by atoms with Crippen LogP contribution in [0.2, 0.25) is 20.1 Å². The predicted molar refractivity (Wildman–Crippen MR) is 326 cm³/mol. The smallest absolute Gasteiger partial charge is 0.478 e. The first-order chi connectivity index (χ1) is 39.3. The van der Waals surface area contributed by atoms with E-state index in [1.165, 1.54) is 30.3 Å². The van der Waals surface area contributed by atoms with Crippen molar-refractivity contribution in [1.82, 2.24) is 14.1 Å². The average Bonchev–Trinajstić information content (AvgIpc) is 2.02. The summed E-state index contributed by atoms with van der Waals surface area (Å²) in [6.45, 7) is 12.5. The SMILES string of the molecule is CC1(C)OB(O)c2cc(CCN)ccc21.CC1(C)OB(O)c2cc(CCNC(=O)c3ccc(C4=NOC(C)(c5cc(Cl)c(F)c(Cl)c5)C4)n4cccc34)ccc21.CC1(c2cc(Cl)c(F)c(Cl)c2)CC(c2ccc(C(=O)O)c3cccn23)=NO1.Cl. The molecule has 4 aromatic heterocycles. The Hall–Kier alpha value is -6.48. The lowest BCUT2D eigenvalue weighted by atomic mass is 9.77. The molecule has 0 spiro atoms. The van der Waals surface area contributed by atoms with Crippen LogP contribution in [0, 0.1) is 11.6 Å². The molecule has 1 amide bonds. The quantitative estimate of drug-likeness (QED) is 0.0612. The summed E-state index contributed by atoms with van der Waals surface area (Å²) < 4.78 is 42.5. The molecule has 0 radical (unpaired) electrons. The Morgan fingerprint density at radius 3 is 1.48 bits per heavy atom. The number of nitrogens with zero attached hydrogens (tertiary/aromatic N) is 4. The van der Waals surface area contributed by atoms with Crippen LogP contribution >= 0.6 is 58.8 Å². The Kier molecular flexibility index (Phi) is 17.8. The highest BCUT2D eigenvalue weighted by molar-refractivity contribution is 6.62. The number of hydrogen-bond donors (Lipinski definition) is 5. The van der Waals surface area contributed by atoms with Crippen LogP contribution in [-0.2, 0) is 54.2 Å². The fraction of sp³-hybridized carbons (Fsp3) is 0.267. The fourth-order valence-electron chi connectivity index (χ4n) is 10.9. The number of fused-ring (bicyclic) bond motifs is 4. The summed E-state index contributed by atoms with van der Waals surface area (Å²) >= 11 is 23.9. The van der Waals surface area contributed by atoms with Crippen LogP contribution in [-0.4, -0.2) is 74.6 Å². The summed E-state index contributed by atoms with van der Waals surface area (Å²) in [5.41, 5.74) is 14.6. The van der Waals surface area contributed by atoms with Crippen molar-refractivity contribution in [1.29, 1.82) is 0 Å². The second-order valence-corrected chi connectivity index (χ2v) is 23.7. The third-order valence-corrected chi connectivity index (χ3v) is 16.5. The van der Waals surface area contributed by atoms with Crippen LogP contribution in [0.4, 0.5) is 8.78 Å². The van der Waals surface area contributed by atoms with Crippen molar-refractivity contribution in [3.63, 3.8) is 0 Å². The maximum atomic E-state index is 14.0. The van der Waals surface area contributed by atoms with Gasteiger partial charge in [-0.05, 0) is 167 Å². The Bertz CT molecular complexity index is 3930. The first-order valence-corrected chi connectivity index (χ1v) is 28.0. The third-order valence-electron chi connectivity index (χ3n) is 15.4. The monoisotopic (exact) mass is 1240 g/mol. The summed E-state index contributed by atoms with van der Waals surface area (Å²) in [6.07, 6.45) is 5.84. The molecule has 0 aliphatic carbocycles. The van der Waals surface area contributed by atoms with E-state index >= 15 is 0 Å². The van der Waals surface area contributed by atoms with Crippen LogP contribution < -0.4 is 22.0 Å². The normalized spacial score (nSPS) is 18.8. The van der Waals surface area contributed by atoms with Gasteiger partial charge in [-0.25, -0.2) is 13.6 Å². The molecule has 8 aromatic rings. The van der Waals surface area contributed by atoms with Gasteiger partial charge in [0, 0.05) is 42.9 Å². The zero-order chi connectivity index (χ0) is 59.5. The van der Waals surface area contributed by atoms with Gasteiger partial charge >= 0.3 is 20.2 Å². The molecule has 12 rings (SSSR count). The molecule has 0 fully saturated rings. The van der Waals surface area contributed by atoms with Gasteiger partial charge in [-0.3, -0.25) is 4.79 Å². The number of nitrogens with two attached hydrogens (primary N) is 1. The van der Waals surface area contributed by atoms with Gasteiger partial charge in [-0.2, -0.15) is 0 Å². The topological polar surface area (TPSA) is 203 Å². The van der Waals surface area contributed by atoms with E-state index in [4.69, 9.17) is 71.1 Å². The maximum absolute atomic E-state index is 14.0. The molecular formula is C60H57B2Cl5F2N6O9. The van der Waals surface area contributed by atoms with Crippen molar-refractivity contribution < 1.29 is 52.5 Å². The van der Waals surface area contributed by atoms with Gasteiger partial charge in [0.15, 0.2) is 22.8 Å². The highest BCUT2D eigenvalue weighted by atomic mass is 35.5. The Labute approximate surface area is 509 Å². The number of carbonyl (C=O) groups excluding carboxylic acids is 1. The van der Waals surface area contributed by atoms with E-state index in [2.05, 4.69) is 21.7 Å². The van der Waals surface area contributed by atoms with E-state index in [0.29, 0.717) is 71.7 Å². The number of aromatic carboxylic acids is 1. The number of amides is 1. The number of aromatic nitrogens is 2. The van der Waals surface area contributed by atoms with Crippen molar-refractivity contribution in [2.45, 2.75) is 89.6 Å². The van der Waals surface area contributed by atoms with Crippen LogP contribution in [0.15, 0.2) is 132 Å². The second-order valence-electron chi connectivity index (χ2n) is 22.0. The molecule has 84 heavy (non-hydrogen) atoms. The zero-order valence-corrected chi connectivity index (χ0v) is 50.1. The number of oxime groups is 2. The largest absolute Gasteiger partial charge is 0.492 e. The minimum absolute atomic E-state index is 0. The van der Waals surface area contributed by atoms with Crippen LogP contribution in [0.5, 0.6) is 0 Å². The number of hydrogen-bond acceptors (Lipinski definition) is 11. The standard InChI is InChI=1S/C30H27BCl2FN3O4.C19H13Cl2FN2O3.C11H16BNO2.ClH/c1-29(2)20-8-6-17(13-21(20)31(39)40-29)10-11-35-28(38)19-7-9-26(37-12-4-5-25(19)37)24-16-30(3,41-36-24)18-14-22(32)27(34)23(33)15-18;1-19(10-7-12(20)17(22)13(21)8-10)9-14(23-27-19)16-5-4-11(18(25)26)15-3-2-6-24(15)16;1-11(2)9-4-3-8(5-6-13)7-10(9)12(14)15-11;/h4-9,12-15,39H,10-11,16H2,1-3H3,(H,35,38);2-8H,9H2,1H3,(H,25,26);3-4,7,14H,5-6,13H2,1-2H3;1H. The number of pyridine rings is 2. The van der Waals surface area contributed by atoms with Gasteiger partial charge in [-0.15, -0.1) is 12.4 Å². The second kappa shape index (κ2) is 24.1. The molecular weight excluding hydrogens is 1190 g/mol. The van der Waals surface area contributed by atoms with Gasteiger partial charge in [0.25, 0.3) is 5.91 Å². The Morgan fingerprint density at radius 1 is 0.631 bits per heavy atom. The summed E-state index contributed by atoms with van der Waals surface area (Å²) in [7, 11) is -1.75. The van der Waals surface area contributed by atoms with Crippen molar-refractivity contribution in [3.05, 3.63) is 209 Å². The highest BCUT2D eigenvalue weighted by Crippen LogP contribution is 2.42. The number of carbonyl (C=O) groups is 2. The molecule has 436 valence electrons. The molecule has 8 heterocycles. The molecule has 0 saturated heterocycles. The van der Waals surface area contributed by atoms with Gasteiger partial charge in [0.1, 0.15) is 11.4 Å². The number of carboxylic acids is 1. The Balaban J connectivity index is 0.000000168. The maximum Gasteiger partial charge on any atom is 0.492 e. The fourth-order valence-corrected chi connectivity index (χ4v) is 11.9. The number of carboxylic acid groups (broad SMARTS) is 1. The summed E-state index contributed by atoms with van der Waals surface area (Å²) in [5.74, 6) is -2.55. The molecule has 0 bridgehead atoms. The first kappa shape index (κ1) is 62.1. The van der Waals surface area contributed by atoms with Crippen molar-refractivity contribution >= 4 is 118 Å². The van der Waals surface area contributed by atoms with Crippen molar-refractivity contribution in [2.75, 3.05) is 13.1 Å². The molecule has 4 aromatic carbocycles. The molecule has 6 N–H and O–H groups in total. The third kappa shape index (κ3) is 12.1. The summed E-state index contributed by atoms with van der Waals surface area (Å²) in [5, 5.41) is 40.6. The summed E-state index contributed by atoms with van der Waals surface area (Å²) in [4.78, 5) is 36.1. The first-order valence-electron chi connectivity index (χ1n) is 26.5.